The second kappa shape index (κ2) is 13.0. The Morgan fingerprint density at radius 1 is 1.06 bits per heavy atom. The Morgan fingerprint density at radius 3 is 2.42 bits per heavy atom. The second-order valence-electron chi connectivity index (χ2n) is 6.20. The van der Waals surface area contributed by atoms with Crippen molar-refractivity contribution in [2.45, 2.75) is 39.5 Å². The Hall–Kier alpha value is -2.51. The standard InChI is InChI=1S/C18H28N6O5S2/c1-4-7-26-17(30)28-10-6-9-25-16(29-18(31)27-8-5-2)24-11-21-12-13(19)22-15(20-3)23-14(12)24/h11,16H,4-10H2,1-3H3,(H3,19,20,22,23). The van der Waals surface area contributed by atoms with Crippen LogP contribution in [0.1, 0.15) is 39.5 Å². The van der Waals surface area contributed by atoms with E-state index in [0.29, 0.717) is 43.4 Å². The molecule has 0 spiro atoms. The molecule has 172 valence electrons. The first-order valence-corrected chi connectivity index (χ1v) is 10.7. The number of fused-ring (bicyclic) bond motifs is 1. The summed E-state index contributed by atoms with van der Waals surface area (Å²) in [6.07, 6.45) is 2.69. The number of aromatic nitrogens is 4. The van der Waals surface area contributed by atoms with Gasteiger partial charge in [0.25, 0.3) is 6.41 Å². The molecular weight excluding hydrogens is 444 g/mol. The molecule has 0 aromatic carbocycles. The van der Waals surface area contributed by atoms with Gasteiger partial charge in [-0.2, -0.15) is 9.97 Å². The normalized spacial score (nSPS) is 11.7. The molecule has 0 radical (unpaired) electrons. The molecule has 0 bridgehead atoms. The molecule has 0 saturated heterocycles. The van der Waals surface area contributed by atoms with E-state index in [2.05, 4.69) is 20.3 Å². The first-order chi connectivity index (χ1) is 15.0. The molecule has 0 fully saturated rings. The van der Waals surface area contributed by atoms with Gasteiger partial charge in [0, 0.05) is 37.9 Å². The minimum absolute atomic E-state index is 0.0463. The van der Waals surface area contributed by atoms with Crippen molar-refractivity contribution in [1.29, 1.82) is 0 Å². The van der Waals surface area contributed by atoms with Gasteiger partial charge >= 0.3 is 10.5 Å². The average molecular weight is 473 g/mol. The molecular formula is C18H28N6O5S2. The maximum atomic E-state index is 5.98. The molecule has 3 N–H and O–H groups in total. The van der Waals surface area contributed by atoms with Gasteiger partial charge in [0.2, 0.25) is 5.95 Å². The van der Waals surface area contributed by atoms with E-state index in [1.165, 1.54) is 6.33 Å². The summed E-state index contributed by atoms with van der Waals surface area (Å²) in [5, 5.41) is 2.93. The fourth-order valence-corrected chi connectivity index (χ4v) is 2.64. The van der Waals surface area contributed by atoms with Crippen molar-refractivity contribution in [3.63, 3.8) is 0 Å². The maximum Gasteiger partial charge on any atom is 0.356 e. The van der Waals surface area contributed by atoms with Crippen LogP contribution in [0.2, 0.25) is 0 Å². The summed E-state index contributed by atoms with van der Waals surface area (Å²) < 4.78 is 29.0. The highest BCUT2D eigenvalue weighted by Crippen LogP contribution is 2.23. The molecule has 11 nitrogen and oxygen atoms in total. The molecule has 0 amide bonds. The molecule has 0 aliphatic carbocycles. The van der Waals surface area contributed by atoms with Crippen molar-refractivity contribution in [1.82, 2.24) is 19.5 Å². The minimum atomic E-state index is -0.975. The van der Waals surface area contributed by atoms with Gasteiger partial charge in [0.05, 0.1) is 26.4 Å². The summed E-state index contributed by atoms with van der Waals surface area (Å²) in [7, 11) is 1.69. The number of nitrogens with two attached hydrogens (primary N) is 1. The van der Waals surface area contributed by atoms with E-state index in [-0.39, 0.29) is 22.9 Å². The van der Waals surface area contributed by atoms with Crippen LogP contribution in [-0.2, 0) is 23.7 Å². The van der Waals surface area contributed by atoms with Gasteiger partial charge in [-0.25, -0.2) is 4.98 Å². The van der Waals surface area contributed by atoms with Gasteiger partial charge in [-0.3, -0.25) is 4.57 Å². The van der Waals surface area contributed by atoms with Gasteiger partial charge in [0.15, 0.2) is 17.0 Å². The lowest BCUT2D eigenvalue weighted by atomic mass is 10.5. The van der Waals surface area contributed by atoms with E-state index in [1.54, 1.807) is 11.6 Å². The predicted molar refractivity (Wildman–Crippen MR) is 124 cm³/mol. The molecule has 31 heavy (non-hydrogen) atoms. The Morgan fingerprint density at radius 2 is 1.74 bits per heavy atom. The van der Waals surface area contributed by atoms with Crippen LogP contribution in [0.3, 0.4) is 0 Å². The van der Waals surface area contributed by atoms with E-state index in [1.807, 2.05) is 13.8 Å². The minimum Gasteiger partial charge on any atom is -0.457 e. The zero-order valence-corrected chi connectivity index (χ0v) is 19.5. The predicted octanol–water partition coefficient (Wildman–Crippen LogP) is 2.77. The molecule has 0 saturated carbocycles. The summed E-state index contributed by atoms with van der Waals surface area (Å²) in [6.45, 7) is 5.51. The Bertz CT molecular complexity index is 865. The molecule has 2 heterocycles. The van der Waals surface area contributed by atoms with Gasteiger partial charge in [-0.05, 0) is 12.8 Å². The lowest BCUT2D eigenvalue weighted by molar-refractivity contribution is -0.151. The quantitative estimate of drug-likeness (QED) is 0.268. The maximum absolute atomic E-state index is 5.98. The molecule has 0 aliphatic heterocycles. The van der Waals surface area contributed by atoms with Crippen LogP contribution in [0.25, 0.3) is 11.2 Å². The van der Waals surface area contributed by atoms with Crippen LogP contribution < -0.4 is 11.1 Å². The number of nitrogens with zero attached hydrogens (tertiary/aromatic N) is 4. The average Bonchev–Trinajstić information content (AvgIpc) is 3.19. The monoisotopic (exact) mass is 472 g/mol. The van der Waals surface area contributed by atoms with Crippen molar-refractivity contribution in [2.24, 2.45) is 0 Å². The Kier molecular flexibility index (Phi) is 10.4. The van der Waals surface area contributed by atoms with Crippen LogP contribution in [0.5, 0.6) is 0 Å². The Balaban J connectivity index is 2.07. The lowest BCUT2D eigenvalue weighted by Gasteiger charge is -2.21. The number of ether oxygens (including phenoxy) is 5. The van der Waals surface area contributed by atoms with Gasteiger partial charge in [-0.15, -0.1) is 0 Å². The molecule has 2 rings (SSSR count). The third-order valence-electron chi connectivity index (χ3n) is 3.71. The number of imidazole rings is 1. The van der Waals surface area contributed by atoms with Gasteiger partial charge in [-0.1, -0.05) is 13.8 Å². The molecule has 0 aliphatic rings. The summed E-state index contributed by atoms with van der Waals surface area (Å²) in [5.74, 6) is 0.565. The molecule has 13 heteroatoms. The molecule has 2 aromatic heterocycles. The third kappa shape index (κ3) is 7.60. The number of rotatable bonds is 12. The van der Waals surface area contributed by atoms with Crippen molar-refractivity contribution >= 4 is 57.8 Å². The summed E-state index contributed by atoms with van der Waals surface area (Å²) in [6, 6.07) is 0. The highest BCUT2D eigenvalue weighted by molar-refractivity contribution is 7.79. The Labute approximate surface area is 191 Å². The molecule has 2 aromatic rings. The third-order valence-corrected chi connectivity index (χ3v) is 4.16. The molecule has 1 unspecified atom stereocenters. The summed E-state index contributed by atoms with van der Waals surface area (Å²) in [5.41, 5.74) is 6.81. The van der Waals surface area contributed by atoms with E-state index < -0.39 is 6.41 Å². The van der Waals surface area contributed by atoms with E-state index in [0.717, 1.165) is 12.8 Å². The molecule has 1 atom stereocenters. The first-order valence-electron chi connectivity index (χ1n) is 9.92. The van der Waals surface area contributed by atoms with Crippen molar-refractivity contribution < 1.29 is 23.7 Å². The van der Waals surface area contributed by atoms with Crippen LogP contribution in [0.15, 0.2) is 6.33 Å². The fraction of sp³-hybridized carbons (Fsp3) is 0.611. The number of nitrogen functional groups attached to an aromatic ring is 1. The second-order valence-corrected chi connectivity index (χ2v) is 6.87. The first kappa shape index (κ1) is 24.8. The van der Waals surface area contributed by atoms with Crippen LogP contribution in [0, 0.1) is 0 Å². The lowest BCUT2D eigenvalue weighted by Crippen LogP contribution is -2.22. The van der Waals surface area contributed by atoms with Crippen molar-refractivity contribution in [2.75, 3.05) is 44.5 Å². The SMILES string of the molecule is CCCOC(=S)OCCCOC(OC(=S)OCCC)n1cnc2c(N)nc(NC)nc21. The highest BCUT2D eigenvalue weighted by atomic mass is 32.1. The topological polar surface area (TPSA) is 128 Å². The number of anilines is 2. The number of hydrogen-bond donors (Lipinski definition) is 2. The van der Waals surface area contributed by atoms with Crippen LogP contribution >= 0.6 is 24.4 Å². The van der Waals surface area contributed by atoms with Crippen LogP contribution in [-0.4, -0.2) is 63.5 Å². The number of nitrogens with one attached hydrogen (secondary N) is 1. The largest absolute Gasteiger partial charge is 0.457 e. The smallest absolute Gasteiger partial charge is 0.356 e. The van der Waals surface area contributed by atoms with E-state index in [9.17, 15) is 0 Å². The number of hydrogen-bond acceptors (Lipinski definition) is 12. The fourth-order valence-electron chi connectivity index (χ4n) is 2.30. The van der Waals surface area contributed by atoms with Gasteiger partial charge < -0.3 is 34.7 Å². The van der Waals surface area contributed by atoms with E-state index >= 15 is 0 Å². The van der Waals surface area contributed by atoms with Gasteiger partial charge in [0.1, 0.15) is 6.33 Å². The van der Waals surface area contributed by atoms with Crippen LogP contribution in [0.4, 0.5) is 11.8 Å². The zero-order chi connectivity index (χ0) is 22.6. The summed E-state index contributed by atoms with van der Waals surface area (Å²) >= 11 is 10.1. The zero-order valence-electron chi connectivity index (χ0n) is 17.8. The highest BCUT2D eigenvalue weighted by Gasteiger charge is 2.21. The number of thiocarbonyl (C=S) groups is 2. The van der Waals surface area contributed by atoms with E-state index in [4.69, 9.17) is 53.9 Å². The van der Waals surface area contributed by atoms with Crippen molar-refractivity contribution in [3.05, 3.63) is 6.33 Å². The van der Waals surface area contributed by atoms with Crippen molar-refractivity contribution in [3.8, 4) is 0 Å². The summed E-state index contributed by atoms with van der Waals surface area (Å²) in [4.78, 5) is 12.8.